The number of aryl methyl sites for hydroxylation is 1. The minimum Gasteiger partial charge on any atom is -0.378 e. The fourth-order valence-electron chi connectivity index (χ4n) is 5.66. The topological polar surface area (TPSA) is 108 Å². The van der Waals surface area contributed by atoms with Gasteiger partial charge in [-0.2, -0.15) is 5.10 Å². The molecule has 0 saturated carbocycles. The molecule has 3 fully saturated rings. The average molecular weight is 541 g/mol. The van der Waals surface area contributed by atoms with Gasteiger partial charge >= 0.3 is 0 Å². The van der Waals surface area contributed by atoms with Crippen molar-refractivity contribution < 1.29 is 23.1 Å². The number of amides is 2. The van der Waals surface area contributed by atoms with Gasteiger partial charge < -0.3 is 19.9 Å². The molecule has 2 amide bonds. The van der Waals surface area contributed by atoms with E-state index in [1.54, 1.807) is 6.92 Å². The van der Waals surface area contributed by atoms with E-state index in [1.807, 2.05) is 9.80 Å². The number of halogens is 2. The highest BCUT2D eigenvalue weighted by Gasteiger charge is 2.34. The summed E-state index contributed by atoms with van der Waals surface area (Å²) >= 11 is 0. The van der Waals surface area contributed by atoms with Gasteiger partial charge in [-0.25, -0.2) is 18.3 Å². The third-order valence-corrected chi connectivity index (χ3v) is 7.89. The van der Waals surface area contributed by atoms with Crippen molar-refractivity contribution in [3.63, 3.8) is 0 Å². The predicted molar refractivity (Wildman–Crippen MR) is 138 cm³/mol. The summed E-state index contributed by atoms with van der Waals surface area (Å²) in [5.74, 6) is -1.65. The number of rotatable bonds is 5. The number of ether oxygens (including phenoxy) is 1. The standard InChI is InChI=1S/C26H30F2N8O3/c1-16-22(24-30-10-18(27)13-36(24)32-16)25(37)31-21-12-29-11-20(28)23(21)34-4-2-17(3-5-34)26(38)35-8-6-33(7-9-35)19-14-39-15-19/h10-13,17,19H,2-9,14-15H2,1H3,(H,31,37). The van der Waals surface area contributed by atoms with E-state index in [0.29, 0.717) is 37.7 Å². The van der Waals surface area contributed by atoms with Crippen molar-refractivity contribution in [3.8, 4) is 0 Å². The summed E-state index contributed by atoms with van der Waals surface area (Å²) in [6.07, 6.45) is 5.84. The molecular formula is C26H30F2N8O3. The van der Waals surface area contributed by atoms with Crippen LogP contribution in [0.25, 0.3) is 5.65 Å². The molecule has 11 nitrogen and oxygen atoms in total. The van der Waals surface area contributed by atoms with E-state index >= 15 is 4.39 Å². The molecule has 3 aliphatic rings. The smallest absolute Gasteiger partial charge is 0.261 e. The fraction of sp³-hybridized carbons (Fsp3) is 0.500. The van der Waals surface area contributed by atoms with E-state index < -0.39 is 17.5 Å². The van der Waals surface area contributed by atoms with E-state index in [4.69, 9.17) is 4.74 Å². The highest BCUT2D eigenvalue weighted by molar-refractivity contribution is 6.10. The average Bonchev–Trinajstić information content (AvgIpc) is 3.23. The second kappa shape index (κ2) is 10.5. The molecule has 6 rings (SSSR count). The second-order valence-corrected chi connectivity index (χ2v) is 10.3. The number of nitrogens with one attached hydrogen (secondary N) is 1. The third kappa shape index (κ3) is 4.91. The lowest BCUT2D eigenvalue weighted by atomic mass is 9.94. The quantitative estimate of drug-likeness (QED) is 0.522. The number of hydrogen-bond acceptors (Lipinski definition) is 8. The first kappa shape index (κ1) is 25.6. The van der Waals surface area contributed by atoms with Crippen LogP contribution in [0.2, 0.25) is 0 Å². The van der Waals surface area contributed by atoms with Gasteiger partial charge in [0.2, 0.25) is 5.91 Å². The largest absolute Gasteiger partial charge is 0.378 e. The zero-order valence-corrected chi connectivity index (χ0v) is 21.6. The summed E-state index contributed by atoms with van der Waals surface area (Å²) in [6, 6.07) is 0.478. The van der Waals surface area contributed by atoms with Gasteiger partial charge in [0.25, 0.3) is 5.91 Å². The first-order valence-electron chi connectivity index (χ1n) is 13.2. The maximum atomic E-state index is 15.1. The molecule has 6 heterocycles. The number of nitrogens with zero attached hydrogens (tertiary/aromatic N) is 7. The molecule has 3 saturated heterocycles. The van der Waals surface area contributed by atoms with Crippen molar-refractivity contribution in [2.45, 2.75) is 25.8 Å². The Labute approximate surface area is 223 Å². The monoisotopic (exact) mass is 540 g/mol. The minimum atomic E-state index is -0.582. The van der Waals surface area contributed by atoms with Crippen LogP contribution < -0.4 is 10.2 Å². The maximum absolute atomic E-state index is 15.1. The Morgan fingerprint density at radius 2 is 1.77 bits per heavy atom. The number of hydrogen-bond donors (Lipinski definition) is 1. The molecule has 3 aliphatic heterocycles. The predicted octanol–water partition coefficient (Wildman–Crippen LogP) is 1.72. The van der Waals surface area contributed by atoms with E-state index in [9.17, 15) is 14.0 Å². The fourth-order valence-corrected chi connectivity index (χ4v) is 5.66. The zero-order valence-electron chi connectivity index (χ0n) is 21.6. The number of piperidine rings is 1. The Morgan fingerprint density at radius 3 is 2.46 bits per heavy atom. The van der Waals surface area contributed by atoms with Crippen LogP contribution in [0.3, 0.4) is 0 Å². The highest BCUT2D eigenvalue weighted by Crippen LogP contribution is 2.33. The molecule has 0 atom stereocenters. The van der Waals surface area contributed by atoms with Crippen LogP contribution in [0.4, 0.5) is 20.2 Å². The molecular weight excluding hydrogens is 510 g/mol. The second-order valence-electron chi connectivity index (χ2n) is 10.3. The van der Waals surface area contributed by atoms with E-state index in [0.717, 1.165) is 58.0 Å². The molecule has 3 aromatic heterocycles. The van der Waals surface area contributed by atoms with Crippen molar-refractivity contribution in [2.24, 2.45) is 5.92 Å². The van der Waals surface area contributed by atoms with Crippen LogP contribution in [0.15, 0.2) is 24.8 Å². The summed E-state index contributed by atoms with van der Waals surface area (Å²) in [5, 5.41) is 6.91. The van der Waals surface area contributed by atoms with E-state index in [1.165, 1.54) is 10.7 Å². The van der Waals surface area contributed by atoms with E-state index in [2.05, 4.69) is 25.3 Å². The van der Waals surface area contributed by atoms with Crippen LogP contribution in [0, 0.1) is 24.5 Å². The van der Waals surface area contributed by atoms with Crippen molar-refractivity contribution in [2.75, 3.05) is 62.7 Å². The molecule has 0 aromatic carbocycles. The summed E-state index contributed by atoms with van der Waals surface area (Å²) < 4.78 is 35.1. The van der Waals surface area contributed by atoms with Gasteiger partial charge in [0.15, 0.2) is 17.3 Å². The van der Waals surface area contributed by atoms with Gasteiger partial charge in [-0.3, -0.25) is 19.5 Å². The first-order chi connectivity index (χ1) is 18.9. The third-order valence-electron chi connectivity index (χ3n) is 7.89. The SMILES string of the molecule is Cc1nn2cc(F)cnc2c1C(=O)Nc1cncc(F)c1N1CCC(C(=O)N2CCN(C3COC3)CC2)CC1. The molecule has 206 valence electrons. The van der Waals surface area contributed by atoms with Gasteiger partial charge in [-0.1, -0.05) is 0 Å². The Kier molecular flexibility index (Phi) is 6.85. The molecule has 39 heavy (non-hydrogen) atoms. The van der Waals surface area contributed by atoms with Gasteiger partial charge in [0.05, 0.1) is 55.4 Å². The summed E-state index contributed by atoms with van der Waals surface area (Å²) in [4.78, 5) is 40.5. The molecule has 0 spiro atoms. The number of fused-ring (bicyclic) bond motifs is 1. The van der Waals surface area contributed by atoms with Crippen LogP contribution in [0.1, 0.15) is 28.9 Å². The Morgan fingerprint density at radius 1 is 1.03 bits per heavy atom. The first-order valence-corrected chi connectivity index (χ1v) is 13.2. The van der Waals surface area contributed by atoms with Gasteiger partial charge in [-0.05, 0) is 19.8 Å². The minimum absolute atomic E-state index is 0.115. The van der Waals surface area contributed by atoms with Crippen LogP contribution in [-0.4, -0.2) is 99.7 Å². The lowest BCUT2D eigenvalue weighted by molar-refractivity contribution is -0.140. The van der Waals surface area contributed by atoms with Crippen molar-refractivity contribution in [1.29, 1.82) is 0 Å². The number of anilines is 2. The Hall–Kier alpha value is -3.71. The number of pyridine rings is 1. The van der Waals surface area contributed by atoms with Crippen molar-refractivity contribution in [3.05, 3.63) is 47.7 Å². The molecule has 0 unspecified atom stereocenters. The summed E-state index contributed by atoms with van der Waals surface area (Å²) in [6.45, 7) is 7.26. The number of carbonyl (C=O) groups excluding carboxylic acids is 2. The number of carbonyl (C=O) groups is 2. The molecule has 1 N–H and O–H groups in total. The van der Waals surface area contributed by atoms with Crippen LogP contribution in [0.5, 0.6) is 0 Å². The number of piperazine rings is 1. The van der Waals surface area contributed by atoms with Crippen LogP contribution in [-0.2, 0) is 9.53 Å². The zero-order chi connectivity index (χ0) is 27.1. The normalized spacial score (nSPS) is 19.4. The number of aromatic nitrogens is 4. The summed E-state index contributed by atoms with van der Waals surface area (Å²) in [5.41, 5.74) is 1.16. The lowest BCUT2D eigenvalue weighted by Crippen LogP contribution is -2.58. The van der Waals surface area contributed by atoms with Gasteiger partial charge in [-0.15, -0.1) is 0 Å². The molecule has 13 heteroatoms. The highest BCUT2D eigenvalue weighted by atomic mass is 19.1. The molecule has 0 bridgehead atoms. The summed E-state index contributed by atoms with van der Waals surface area (Å²) in [7, 11) is 0. The Bertz CT molecular complexity index is 1400. The van der Waals surface area contributed by atoms with Gasteiger partial charge in [0.1, 0.15) is 11.3 Å². The molecule has 0 radical (unpaired) electrons. The maximum Gasteiger partial charge on any atom is 0.261 e. The van der Waals surface area contributed by atoms with E-state index in [-0.39, 0.29) is 34.4 Å². The van der Waals surface area contributed by atoms with Crippen LogP contribution >= 0.6 is 0 Å². The lowest BCUT2D eigenvalue weighted by Gasteiger charge is -2.43. The molecule has 3 aromatic rings. The Balaban J connectivity index is 1.12. The van der Waals surface area contributed by atoms with Crippen molar-refractivity contribution >= 4 is 28.8 Å². The van der Waals surface area contributed by atoms with Crippen molar-refractivity contribution in [1.82, 2.24) is 29.4 Å². The van der Waals surface area contributed by atoms with Gasteiger partial charge in [0, 0.05) is 45.2 Å². The molecule has 0 aliphatic carbocycles.